The van der Waals surface area contributed by atoms with Crippen molar-refractivity contribution in [3.8, 4) is 0 Å². The first-order valence-corrected chi connectivity index (χ1v) is 6.33. The SMILES string of the molecule is C=CCC1C(CO)OC(n2ccc(=O)[nH]c2=O)C1OC. The number of hydrogen-bond acceptors (Lipinski definition) is 5. The van der Waals surface area contributed by atoms with Gasteiger partial charge < -0.3 is 14.6 Å². The molecule has 2 rings (SSSR count). The van der Waals surface area contributed by atoms with Crippen molar-refractivity contribution in [2.45, 2.75) is 24.9 Å². The molecule has 0 bridgehead atoms. The second-order valence-electron chi connectivity index (χ2n) is 4.65. The van der Waals surface area contributed by atoms with E-state index in [1.54, 1.807) is 6.08 Å². The molecular weight excluding hydrogens is 264 g/mol. The van der Waals surface area contributed by atoms with Gasteiger partial charge in [-0.05, 0) is 6.42 Å². The highest BCUT2D eigenvalue weighted by Crippen LogP contribution is 2.37. The van der Waals surface area contributed by atoms with Crippen molar-refractivity contribution in [3.63, 3.8) is 0 Å². The first-order chi connectivity index (χ1) is 9.62. The molecule has 1 aromatic heterocycles. The van der Waals surface area contributed by atoms with Gasteiger partial charge >= 0.3 is 5.69 Å². The molecule has 1 fully saturated rings. The van der Waals surface area contributed by atoms with E-state index in [-0.39, 0.29) is 12.5 Å². The Balaban J connectivity index is 2.38. The highest BCUT2D eigenvalue weighted by molar-refractivity contribution is 4.95. The Bertz CT molecular complexity index is 579. The lowest BCUT2D eigenvalue weighted by atomic mass is 9.94. The van der Waals surface area contributed by atoms with Crippen molar-refractivity contribution >= 4 is 0 Å². The van der Waals surface area contributed by atoms with Gasteiger partial charge in [0.05, 0.1) is 12.7 Å². The van der Waals surface area contributed by atoms with Gasteiger partial charge in [-0.2, -0.15) is 0 Å². The van der Waals surface area contributed by atoms with Gasteiger partial charge in [-0.15, -0.1) is 6.58 Å². The number of allylic oxidation sites excluding steroid dienone is 1. The minimum Gasteiger partial charge on any atom is -0.394 e. The lowest BCUT2D eigenvalue weighted by molar-refractivity contribution is -0.0625. The number of H-pyrrole nitrogens is 1. The van der Waals surface area contributed by atoms with Crippen LogP contribution in [0.2, 0.25) is 0 Å². The summed E-state index contributed by atoms with van der Waals surface area (Å²) in [5.74, 6) is -0.105. The van der Waals surface area contributed by atoms with E-state index in [1.165, 1.54) is 23.9 Å². The number of aromatic amines is 1. The third-order valence-electron chi connectivity index (χ3n) is 3.51. The van der Waals surface area contributed by atoms with E-state index in [0.717, 1.165) is 0 Å². The summed E-state index contributed by atoms with van der Waals surface area (Å²) in [4.78, 5) is 25.1. The van der Waals surface area contributed by atoms with Crippen LogP contribution in [0, 0.1) is 5.92 Å². The maximum atomic E-state index is 11.8. The third-order valence-corrected chi connectivity index (χ3v) is 3.51. The van der Waals surface area contributed by atoms with Crippen molar-refractivity contribution in [2.75, 3.05) is 13.7 Å². The summed E-state index contributed by atoms with van der Waals surface area (Å²) < 4.78 is 12.4. The zero-order valence-corrected chi connectivity index (χ0v) is 11.2. The van der Waals surface area contributed by atoms with Crippen molar-refractivity contribution < 1.29 is 14.6 Å². The Morgan fingerprint density at radius 3 is 2.90 bits per heavy atom. The Kier molecular flexibility index (Phi) is 4.53. The average molecular weight is 282 g/mol. The van der Waals surface area contributed by atoms with Gasteiger partial charge in [0.25, 0.3) is 5.56 Å². The van der Waals surface area contributed by atoms with E-state index in [4.69, 9.17) is 9.47 Å². The van der Waals surface area contributed by atoms with Gasteiger partial charge in [0, 0.05) is 25.3 Å². The zero-order chi connectivity index (χ0) is 14.7. The van der Waals surface area contributed by atoms with Crippen LogP contribution in [-0.2, 0) is 9.47 Å². The van der Waals surface area contributed by atoms with Crippen molar-refractivity contribution in [3.05, 3.63) is 45.8 Å². The number of rotatable bonds is 5. The minimum absolute atomic E-state index is 0.105. The van der Waals surface area contributed by atoms with Crippen molar-refractivity contribution in [2.24, 2.45) is 5.92 Å². The second-order valence-corrected chi connectivity index (χ2v) is 4.65. The molecule has 20 heavy (non-hydrogen) atoms. The van der Waals surface area contributed by atoms with Crippen molar-refractivity contribution in [1.82, 2.24) is 9.55 Å². The fraction of sp³-hybridized carbons (Fsp3) is 0.538. The minimum atomic E-state index is -0.688. The van der Waals surface area contributed by atoms with Crippen LogP contribution in [0.3, 0.4) is 0 Å². The summed E-state index contributed by atoms with van der Waals surface area (Å²) in [7, 11) is 1.52. The number of hydrogen-bond donors (Lipinski definition) is 2. The largest absolute Gasteiger partial charge is 0.394 e. The molecule has 1 aromatic rings. The van der Waals surface area contributed by atoms with Gasteiger partial charge in [-0.3, -0.25) is 14.3 Å². The molecule has 0 spiro atoms. The molecule has 0 amide bonds. The van der Waals surface area contributed by atoms with E-state index in [9.17, 15) is 14.7 Å². The highest BCUT2D eigenvalue weighted by Gasteiger charge is 2.45. The highest BCUT2D eigenvalue weighted by atomic mass is 16.6. The average Bonchev–Trinajstić information content (AvgIpc) is 2.77. The fourth-order valence-corrected chi connectivity index (χ4v) is 2.58. The van der Waals surface area contributed by atoms with Crippen LogP contribution in [0.1, 0.15) is 12.6 Å². The van der Waals surface area contributed by atoms with Gasteiger partial charge in [0.1, 0.15) is 6.10 Å². The molecule has 0 aliphatic carbocycles. The van der Waals surface area contributed by atoms with Crippen LogP contribution in [-0.4, -0.2) is 40.6 Å². The van der Waals surface area contributed by atoms with Gasteiger partial charge in [-0.1, -0.05) is 6.08 Å². The van der Waals surface area contributed by atoms with E-state index < -0.39 is 29.7 Å². The molecule has 1 aliphatic rings. The third kappa shape index (κ3) is 2.60. The molecule has 0 radical (unpaired) electrons. The molecule has 1 aliphatic heterocycles. The van der Waals surface area contributed by atoms with Crippen LogP contribution < -0.4 is 11.2 Å². The van der Waals surface area contributed by atoms with Gasteiger partial charge in [0.2, 0.25) is 0 Å². The standard InChI is InChI=1S/C13H18N2O5/c1-3-4-8-9(7-16)20-12(11(8)19-2)15-6-5-10(17)14-13(15)18/h3,5-6,8-9,11-12,16H,1,4,7H2,2H3,(H,14,17,18). The summed E-state index contributed by atoms with van der Waals surface area (Å²) in [5, 5.41) is 9.39. The topological polar surface area (TPSA) is 93.5 Å². The summed E-state index contributed by atoms with van der Waals surface area (Å²) in [6, 6.07) is 1.24. The normalized spacial score (nSPS) is 29.5. The number of aliphatic hydroxyl groups is 1. The Morgan fingerprint density at radius 1 is 1.60 bits per heavy atom. The maximum Gasteiger partial charge on any atom is 0.330 e. The molecule has 110 valence electrons. The van der Waals surface area contributed by atoms with E-state index in [1.807, 2.05) is 0 Å². The molecule has 0 aromatic carbocycles. The van der Waals surface area contributed by atoms with Crippen LogP contribution in [0.15, 0.2) is 34.5 Å². The maximum absolute atomic E-state index is 11.8. The van der Waals surface area contributed by atoms with Gasteiger partial charge in [0.15, 0.2) is 6.23 Å². The Morgan fingerprint density at radius 2 is 2.35 bits per heavy atom. The molecule has 7 heteroatoms. The predicted octanol–water partition coefficient (Wildman–Crippen LogP) is -0.366. The number of aliphatic hydroxyl groups excluding tert-OH is 1. The first kappa shape index (κ1) is 14.7. The fourth-order valence-electron chi connectivity index (χ4n) is 2.58. The zero-order valence-electron chi connectivity index (χ0n) is 11.2. The Labute approximate surface area is 115 Å². The summed E-state index contributed by atoms with van der Waals surface area (Å²) >= 11 is 0. The van der Waals surface area contributed by atoms with E-state index >= 15 is 0 Å². The van der Waals surface area contributed by atoms with E-state index in [2.05, 4.69) is 11.6 Å². The number of ether oxygens (including phenoxy) is 2. The van der Waals surface area contributed by atoms with Crippen molar-refractivity contribution in [1.29, 1.82) is 0 Å². The molecule has 2 heterocycles. The number of aromatic nitrogens is 2. The molecular formula is C13H18N2O5. The quantitative estimate of drug-likeness (QED) is 0.719. The monoisotopic (exact) mass is 282 g/mol. The van der Waals surface area contributed by atoms with Crippen LogP contribution in [0.4, 0.5) is 0 Å². The number of methoxy groups -OCH3 is 1. The smallest absolute Gasteiger partial charge is 0.330 e. The lowest BCUT2D eigenvalue weighted by Gasteiger charge is -2.22. The molecule has 2 N–H and O–H groups in total. The molecule has 7 nitrogen and oxygen atoms in total. The van der Waals surface area contributed by atoms with Crippen LogP contribution >= 0.6 is 0 Å². The summed E-state index contributed by atoms with van der Waals surface area (Å²) in [6.07, 6.45) is 2.14. The van der Waals surface area contributed by atoms with Crippen LogP contribution in [0.25, 0.3) is 0 Å². The summed E-state index contributed by atoms with van der Waals surface area (Å²) in [5.41, 5.74) is -1.04. The number of nitrogens with one attached hydrogen (secondary N) is 1. The molecule has 1 saturated heterocycles. The van der Waals surface area contributed by atoms with E-state index in [0.29, 0.717) is 6.42 Å². The summed E-state index contributed by atoms with van der Waals surface area (Å²) in [6.45, 7) is 3.51. The first-order valence-electron chi connectivity index (χ1n) is 6.33. The molecule has 4 unspecified atom stereocenters. The molecule has 4 atom stereocenters. The van der Waals surface area contributed by atoms with Crippen LogP contribution in [0.5, 0.6) is 0 Å². The second kappa shape index (κ2) is 6.17. The predicted molar refractivity (Wildman–Crippen MR) is 71.4 cm³/mol. The van der Waals surface area contributed by atoms with Gasteiger partial charge in [-0.25, -0.2) is 4.79 Å². The molecule has 0 saturated carbocycles. The number of nitrogens with zero attached hydrogens (tertiary/aromatic N) is 1. The lowest BCUT2D eigenvalue weighted by Crippen LogP contribution is -2.36. The Hall–Kier alpha value is -1.70.